The molecule has 48 heavy (non-hydrogen) atoms. The number of carbonyl (C=O) groups is 1. The average Bonchev–Trinajstić information content (AvgIpc) is 3.75. The SMILES string of the molecule is CC(C)(C)[Si](C)(C)OCC1(CO[Si](C)(C)C(C)(C)C)C=C(c2ccc(-c3ccc(N4C[C@H](Cn5ccnn5)OC4=O)cc3F)cc2)NO1. The van der Waals surface area contributed by atoms with Crippen molar-refractivity contribution in [2.24, 2.45) is 0 Å². The highest BCUT2D eigenvalue weighted by molar-refractivity contribution is 6.74. The van der Waals surface area contributed by atoms with Gasteiger partial charge in [-0.15, -0.1) is 5.10 Å². The van der Waals surface area contributed by atoms with Crippen LogP contribution in [0.1, 0.15) is 47.1 Å². The van der Waals surface area contributed by atoms with Crippen molar-refractivity contribution in [3.8, 4) is 11.1 Å². The number of nitrogens with zero attached hydrogens (tertiary/aromatic N) is 4. The molecule has 3 aromatic rings. The Kier molecular flexibility index (Phi) is 9.85. The largest absolute Gasteiger partial charge is 0.442 e. The summed E-state index contributed by atoms with van der Waals surface area (Å²) in [5.74, 6) is -0.432. The van der Waals surface area contributed by atoms with E-state index in [-0.39, 0.29) is 10.1 Å². The first-order chi connectivity index (χ1) is 22.3. The van der Waals surface area contributed by atoms with E-state index in [2.05, 4.69) is 89.6 Å². The summed E-state index contributed by atoms with van der Waals surface area (Å²) in [5, 5.41) is 7.80. The molecule has 1 amide bonds. The third-order valence-electron chi connectivity index (χ3n) is 10.2. The number of carbonyl (C=O) groups excluding carboxylic acids is 1. The highest BCUT2D eigenvalue weighted by Gasteiger charge is 2.45. The quantitative estimate of drug-likeness (QED) is 0.203. The van der Waals surface area contributed by atoms with Crippen LogP contribution in [0.3, 0.4) is 0 Å². The van der Waals surface area contributed by atoms with E-state index in [0.717, 1.165) is 11.3 Å². The summed E-state index contributed by atoms with van der Waals surface area (Å²) < 4.78 is 35.9. The van der Waals surface area contributed by atoms with Crippen molar-refractivity contribution >= 4 is 34.1 Å². The Hall–Kier alpha value is -3.37. The second kappa shape index (κ2) is 13.2. The molecule has 1 atom stereocenters. The van der Waals surface area contributed by atoms with Crippen LogP contribution in [-0.2, 0) is 25.0 Å². The van der Waals surface area contributed by atoms with E-state index >= 15 is 4.39 Å². The molecule has 2 aromatic carbocycles. The highest BCUT2D eigenvalue weighted by atomic mass is 28.4. The lowest BCUT2D eigenvalue weighted by atomic mass is 10.00. The highest BCUT2D eigenvalue weighted by Crippen LogP contribution is 2.41. The summed E-state index contributed by atoms with van der Waals surface area (Å²) in [4.78, 5) is 20.3. The van der Waals surface area contributed by atoms with Crippen LogP contribution >= 0.6 is 0 Å². The van der Waals surface area contributed by atoms with Gasteiger partial charge in [-0.25, -0.2) is 13.9 Å². The monoisotopic (exact) mass is 695 g/mol. The van der Waals surface area contributed by atoms with Gasteiger partial charge in [0, 0.05) is 11.8 Å². The second-order valence-corrected chi connectivity index (χ2v) is 25.5. The predicted octanol–water partition coefficient (Wildman–Crippen LogP) is 7.77. The summed E-state index contributed by atoms with van der Waals surface area (Å²) in [5.41, 5.74) is 5.63. The minimum absolute atomic E-state index is 0.0507. The number of hydrogen-bond acceptors (Lipinski definition) is 8. The molecule has 0 aliphatic carbocycles. The molecule has 1 saturated heterocycles. The number of rotatable bonds is 11. The molecule has 1 N–H and O–H groups in total. The zero-order valence-electron chi connectivity index (χ0n) is 29.9. The Morgan fingerprint density at radius 2 is 1.56 bits per heavy atom. The van der Waals surface area contributed by atoms with Gasteiger partial charge in [-0.3, -0.25) is 15.2 Å². The van der Waals surface area contributed by atoms with Crippen molar-refractivity contribution in [2.45, 2.75) is 96.1 Å². The fourth-order valence-corrected chi connectivity index (χ4v) is 7.02. The van der Waals surface area contributed by atoms with Crippen molar-refractivity contribution in [3.63, 3.8) is 0 Å². The number of ether oxygens (including phenoxy) is 1. The molecule has 0 radical (unpaired) electrons. The van der Waals surface area contributed by atoms with Gasteiger partial charge in [-0.1, -0.05) is 71.0 Å². The fourth-order valence-electron chi connectivity index (χ4n) is 4.94. The molecule has 2 aliphatic rings. The lowest BCUT2D eigenvalue weighted by Gasteiger charge is -2.41. The molecule has 13 heteroatoms. The fraction of sp³-hybridized carbons (Fsp3) is 0.514. The normalized spacial score (nSPS) is 18.6. The molecule has 0 unspecified atom stereocenters. The Morgan fingerprint density at radius 3 is 2.10 bits per heavy atom. The molecule has 0 spiro atoms. The van der Waals surface area contributed by atoms with E-state index in [4.69, 9.17) is 18.4 Å². The van der Waals surface area contributed by atoms with Gasteiger partial charge in [0.15, 0.2) is 22.2 Å². The standard InChI is InChI=1S/C35H50FN5O5Si2/c1-33(2,3)47(7,8)43-23-35(24-44-48(9,10)34(4,5)6)20-31(38-46-35)26-13-11-25(12-14-26)29-16-15-27(19-30(29)36)41-22-28(45-32(41)42)21-40-18-17-37-39-40/h11-20,28,38H,21-24H2,1-10H3/t28-/m0/s1. The lowest BCUT2D eigenvalue weighted by molar-refractivity contribution is -0.0864. The van der Waals surface area contributed by atoms with Crippen LogP contribution in [0.2, 0.25) is 36.3 Å². The maximum absolute atomic E-state index is 15.5. The van der Waals surface area contributed by atoms with Crippen LogP contribution in [0.25, 0.3) is 16.8 Å². The summed E-state index contributed by atoms with van der Waals surface area (Å²) in [6, 6.07) is 12.4. The van der Waals surface area contributed by atoms with Gasteiger partial charge in [0.05, 0.1) is 43.9 Å². The smallest absolute Gasteiger partial charge is 0.414 e. The van der Waals surface area contributed by atoms with E-state index in [0.29, 0.717) is 43.1 Å². The Morgan fingerprint density at radius 1 is 0.958 bits per heavy atom. The minimum Gasteiger partial charge on any atom is -0.442 e. The van der Waals surface area contributed by atoms with Gasteiger partial charge in [-0.05, 0) is 71.7 Å². The summed E-state index contributed by atoms with van der Waals surface area (Å²) in [6.45, 7) is 23.7. The topological polar surface area (TPSA) is 100.0 Å². The van der Waals surface area contributed by atoms with E-state index in [1.807, 2.05) is 24.3 Å². The number of hydroxylamine groups is 1. The molecule has 3 heterocycles. The third-order valence-corrected chi connectivity index (χ3v) is 19.2. The number of benzene rings is 2. The number of aromatic nitrogens is 3. The molecule has 1 fully saturated rings. The van der Waals surface area contributed by atoms with Gasteiger partial charge in [0.1, 0.15) is 11.9 Å². The number of amides is 1. The third kappa shape index (κ3) is 7.75. The van der Waals surface area contributed by atoms with Crippen LogP contribution in [0.15, 0.2) is 60.9 Å². The number of cyclic esters (lactones) is 1. The van der Waals surface area contributed by atoms with E-state index in [9.17, 15) is 4.79 Å². The molecule has 5 rings (SSSR count). The molecule has 1 aromatic heterocycles. The van der Waals surface area contributed by atoms with Crippen LogP contribution in [0.4, 0.5) is 14.9 Å². The number of hydrogen-bond donors (Lipinski definition) is 1. The number of nitrogens with one attached hydrogen (secondary N) is 1. The van der Waals surface area contributed by atoms with E-state index in [1.54, 1.807) is 29.2 Å². The van der Waals surface area contributed by atoms with Crippen LogP contribution in [0, 0.1) is 5.82 Å². The van der Waals surface area contributed by atoms with Crippen molar-refractivity contribution in [1.29, 1.82) is 0 Å². The summed E-state index contributed by atoms with van der Waals surface area (Å²) >= 11 is 0. The van der Waals surface area contributed by atoms with Crippen molar-refractivity contribution < 1.29 is 27.6 Å². The summed E-state index contributed by atoms with van der Waals surface area (Å²) in [7, 11) is -4.14. The Labute approximate surface area is 285 Å². The summed E-state index contributed by atoms with van der Waals surface area (Å²) in [6.07, 6.45) is 4.41. The van der Waals surface area contributed by atoms with Gasteiger partial charge in [-0.2, -0.15) is 0 Å². The maximum Gasteiger partial charge on any atom is 0.414 e. The first-order valence-corrected chi connectivity index (χ1v) is 22.3. The van der Waals surface area contributed by atoms with Crippen molar-refractivity contribution in [3.05, 3.63) is 72.3 Å². The first-order valence-electron chi connectivity index (χ1n) is 16.5. The second-order valence-electron chi connectivity index (χ2n) is 15.9. The van der Waals surface area contributed by atoms with Crippen molar-refractivity contribution in [1.82, 2.24) is 20.5 Å². The minimum atomic E-state index is -2.07. The first kappa shape index (κ1) is 35.9. The number of halogens is 1. The zero-order valence-corrected chi connectivity index (χ0v) is 31.9. The predicted molar refractivity (Wildman–Crippen MR) is 191 cm³/mol. The molecule has 260 valence electrons. The van der Waals surface area contributed by atoms with E-state index in [1.165, 1.54) is 11.0 Å². The maximum atomic E-state index is 15.5. The van der Waals surface area contributed by atoms with Gasteiger partial charge >= 0.3 is 6.09 Å². The van der Waals surface area contributed by atoms with Crippen molar-refractivity contribution in [2.75, 3.05) is 24.7 Å². The van der Waals surface area contributed by atoms with Crippen LogP contribution in [0.5, 0.6) is 0 Å². The lowest BCUT2D eigenvalue weighted by Crippen LogP contribution is -2.51. The Balaban J connectivity index is 1.32. The molecule has 0 saturated carbocycles. The molecular formula is C35H50FN5O5Si2. The molecule has 2 aliphatic heterocycles. The van der Waals surface area contributed by atoms with E-state index < -0.39 is 40.3 Å². The molecular weight excluding hydrogens is 646 g/mol. The van der Waals surface area contributed by atoms with Crippen LogP contribution < -0.4 is 10.4 Å². The van der Waals surface area contributed by atoms with Crippen LogP contribution in [-0.4, -0.2) is 69.2 Å². The number of anilines is 1. The zero-order chi connectivity index (χ0) is 35.1. The molecule has 0 bridgehead atoms. The van der Waals surface area contributed by atoms with Gasteiger partial charge < -0.3 is 13.6 Å². The van der Waals surface area contributed by atoms with Gasteiger partial charge in [0.25, 0.3) is 0 Å². The molecule has 10 nitrogen and oxygen atoms in total. The Bertz CT molecular complexity index is 1600. The average molecular weight is 696 g/mol. The van der Waals surface area contributed by atoms with Gasteiger partial charge in [0.2, 0.25) is 0 Å².